The second-order valence-electron chi connectivity index (χ2n) is 4.28. The summed E-state index contributed by atoms with van der Waals surface area (Å²) < 4.78 is 24.4. The van der Waals surface area contributed by atoms with Crippen molar-refractivity contribution >= 4 is 15.8 Å². The minimum absolute atomic E-state index is 0.0547. The van der Waals surface area contributed by atoms with Crippen molar-refractivity contribution in [2.45, 2.75) is 5.16 Å². The zero-order chi connectivity index (χ0) is 15.1. The molecule has 1 aromatic heterocycles. The maximum atomic E-state index is 11.6. The second-order valence-corrected chi connectivity index (χ2v) is 6.19. The molecule has 0 fully saturated rings. The van der Waals surface area contributed by atoms with Crippen molar-refractivity contribution in [2.75, 3.05) is 6.26 Å². The van der Waals surface area contributed by atoms with Gasteiger partial charge in [0.25, 0.3) is 0 Å². The number of carboxylic acid groups (broad SMARTS) is 1. The fourth-order valence-electron chi connectivity index (χ4n) is 1.94. The molecular formula is C12H12N2O5S. The van der Waals surface area contributed by atoms with Crippen LogP contribution in [-0.4, -0.2) is 40.4 Å². The molecule has 2 aromatic rings. The Labute approximate surface area is 115 Å². The Hall–Kier alpha value is -2.35. The average Bonchev–Trinajstić information content (AvgIpc) is 2.66. The van der Waals surface area contributed by atoms with E-state index in [1.165, 1.54) is 29.8 Å². The number of aromatic nitrogens is 2. The number of hydrogen-bond donors (Lipinski definition) is 2. The Kier molecular flexibility index (Phi) is 3.26. The Morgan fingerprint density at radius 3 is 2.50 bits per heavy atom. The number of phenolic OH excluding ortho intramolecular Hbond substituents is 1. The van der Waals surface area contributed by atoms with Gasteiger partial charge in [-0.3, -0.25) is 0 Å². The van der Waals surface area contributed by atoms with E-state index >= 15 is 0 Å². The Bertz CT molecular complexity index is 792. The van der Waals surface area contributed by atoms with E-state index in [1.54, 1.807) is 6.07 Å². The lowest BCUT2D eigenvalue weighted by Gasteiger charge is -2.06. The van der Waals surface area contributed by atoms with Gasteiger partial charge in [-0.1, -0.05) is 12.1 Å². The number of aromatic hydroxyl groups is 1. The summed E-state index contributed by atoms with van der Waals surface area (Å²) in [6.07, 6.45) is 0.952. The highest BCUT2D eigenvalue weighted by molar-refractivity contribution is 7.90. The molecule has 106 valence electrons. The second kappa shape index (κ2) is 4.64. The predicted molar refractivity (Wildman–Crippen MR) is 70.4 cm³/mol. The molecule has 2 N–H and O–H groups in total. The quantitative estimate of drug-likeness (QED) is 0.870. The lowest BCUT2D eigenvalue weighted by molar-refractivity contribution is 0.0691. The predicted octanol–water partition coefficient (Wildman–Crippen LogP) is 0.894. The van der Waals surface area contributed by atoms with E-state index in [0.29, 0.717) is 5.56 Å². The highest BCUT2D eigenvalue weighted by Gasteiger charge is 2.26. The van der Waals surface area contributed by atoms with Gasteiger partial charge in [-0.05, 0) is 12.1 Å². The average molecular weight is 296 g/mol. The maximum absolute atomic E-state index is 11.6. The van der Waals surface area contributed by atoms with Crippen LogP contribution in [0.4, 0.5) is 0 Å². The molecule has 0 aliphatic rings. The topological polar surface area (TPSA) is 109 Å². The third-order valence-corrected chi connectivity index (χ3v) is 3.74. The zero-order valence-corrected chi connectivity index (χ0v) is 11.5. The van der Waals surface area contributed by atoms with E-state index in [0.717, 1.165) is 6.26 Å². The monoisotopic (exact) mass is 296 g/mol. The number of sulfone groups is 1. The zero-order valence-electron chi connectivity index (χ0n) is 10.7. The van der Waals surface area contributed by atoms with E-state index < -0.39 is 15.8 Å². The number of aromatic carboxylic acids is 1. The van der Waals surface area contributed by atoms with Gasteiger partial charge >= 0.3 is 5.97 Å². The number of imidazole rings is 1. The molecule has 1 aromatic carbocycles. The van der Waals surface area contributed by atoms with Crippen LogP contribution in [0.15, 0.2) is 29.4 Å². The number of nitrogens with zero attached hydrogens (tertiary/aromatic N) is 2. The van der Waals surface area contributed by atoms with Gasteiger partial charge in [-0.15, -0.1) is 0 Å². The molecule has 0 amide bonds. The Morgan fingerprint density at radius 1 is 1.35 bits per heavy atom. The van der Waals surface area contributed by atoms with Crippen molar-refractivity contribution in [1.29, 1.82) is 0 Å². The van der Waals surface area contributed by atoms with E-state index in [1.807, 2.05) is 0 Å². The largest absolute Gasteiger partial charge is 0.508 e. The number of rotatable bonds is 3. The summed E-state index contributed by atoms with van der Waals surface area (Å²) in [5.41, 5.74) is 0.111. The molecule has 0 saturated heterocycles. The van der Waals surface area contributed by atoms with E-state index in [-0.39, 0.29) is 22.3 Å². The molecular weight excluding hydrogens is 284 g/mol. The van der Waals surface area contributed by atoms with Crippen molar-refractivity contribution in [3.8, 4) is 17.0 Å². The van der Waals surface area contributed by atoms with Crippen LogP contribution in [0, 0.1) is 0 Å². The molecule has 0 atom stereocenters. The third-order valence-electron chi connectivity index (χ3n) is 2.71. The summed E-state index contributed by atoms with van der Waals surface area (Å²) in [4.78, 5) is 14.9. The number of carboxylic acids is 1. The highest BCUT2D eigenvalue weighted by atomic mass is 32.2. The van der Waals surface area contributed by atoms with Crippen LogP contribution in [0.1, 0.15) is 10.5 Å². The summed E-state index contributed by atoms with van der Waals surface area (Å²) in [5.74, 6) is -1.39. The van der Waals surface area contributed by atoms with E-state index in [4.69, 9.17) is 5.11 Å². The fraction of sp³-hybridized carbons (Fsp3) is 0.167. The molecule has 1 heterocycles. The summed E-state index contributed by atoms with van der Waals surface area (Å²) >= 11 is 0. The van der Waals surface area contributed by atoms with Crippen LogP contribution < -0.4 is 0 Å². The van der Waals surface area contributed by atoms with Gasteiger partial charge in [-0.25, -0.2) is 18.2 Å². The van der Waals surface area contributed by atoms with Crippen molar-refractivity contribution in [2.24, 2.45) is 7.05 Å². The third kappa shape index (κ3) is 2.37. The number of benzene rings is 1. The summed E-state index contributed by atoms with van der Waals surface area (Å²) in [5, 5.41) is 18.3. The van der Waals surface area contributed by atoms with Gasteiger partial charge in [0.05, 0.1) is 5.69 Å². The SMILES string of the molecule is Cn1c(S(C)(=O)=O)nc(C(=O)O)c1-c1cccc(O)c1. The first kappa shape index (κ1) is 14.1. The molecule has 7 nitrogen and oxygen atoms in total. The van der Waals surface area contributed by atoms with E-state index in [2.05, 4.69) is 4.98 Å². The van der Waals surface area contributed by atoms with Crippen LogP contribution >= 0.6 is 0 Å². The van der Waals surface area contributed by atoms with Crippen LogP contribution in [0.3, 0.4) is 0 Å². The van der Waals surface area contributed by atoms with Crippen molar-refractivity contribution < 1.29 is 23.4 Å². The molecule has 20 heavy (non-hydrogen) atoms. The molecule has 0 unspecified atom stereocenters. The smallest absolute Gasteiger partial charge is 0.356 e. The van der Waals surface area contributed by atoms with Gasteiger partial charge in [0.1, 0.15) is 5.75 Å². The molecule has 0 aliphatic carbocycles. The molecule has 0 spiro atoms. The summed E-state index contributed by atoms with van der Waals surface area (Å²) in [6, 6.07) is 5.87. The van der Waals surface area contributed by atoms with Gasteiger partial charge in [0.15, 0.2) is 5.69 Å². The molecule has 8 heteroatoms. The summed E-state index contributed by atoms with van der Waals surface area (Å²) in [6.45, 7) is 0. The van der Waals surface area contributed by atoms with Gasteiger partial charge in [0, 0.05) is 18.9 Å². The Balaban J connectivity index is 2.81. The fourth-order valence-corrected chi connectivity index (χ4v) is 2.79. The van der Waals surface area contributed by atoms with Crippen molar-refractivity contribution in [1.82, 2.24) is 9.55 Å². The molecule has 0 aliphatic heterocycles. The van der Waals surface area contributed by atoms with Gasteiger partial charge in [0.2, 0.25) is 15.0 Å². The molecule has 0 radical (unpaired) electrons. The van der Waals surface area contributed by atoms with E-state index in [9.17, 15) is 18.3 Å². The maximum Gasteiger partial charge on any atom is 0.356 e. The van der Waals surface area contributed by atoms with Crippen LogP contribution in [0.5, 0.6) is 5.75 Å². The molecule has 2 rings (SSSR count). The van der Waals surface area contributed by atoms with Crippen molar-refractivity contribution in [3.05, 3.63) is 30.0 Å². The molecule has 0 bridgehead atoms. The van der Waals surface area contributed by atoms with Gasteiger partial charge in [-0.2, -0.15) is 0 Å². The van der Waals surface area contributed by atoms with Crippen LogP contribution in [0.2, 0.25) is 0 Å². The molecule has 0 saturated carbocycles. The first-order valence-electron chi connectivity index (χ1n) is 5.51. The number of hydrogen-bond acceptors (Lipinski definition) is 5. The van der Waals surface area contributed by atoms with Gasteiger partial charge < -0.3 is 14.8 Å². The Morgan fingerprint density at radius 2 is 2.00 bits per heavy atom. The number of phenols is 1. The summed E-state index contributed by atoms with van der Waals surface area (Å²) in [7, 11) is -2.25. The normalized spacial score (nSPS) is 11.5. The number of carbonyl (C=O) groups is 1. The minimum Gasteiger partial charge on any atom is -0.508 e. The first-order valence-corrected chi connectivity index (χ1v) is 7.40. The highest BCUT2D eigenvalue weighted by Crippen LogP contribution is 2.28. The minimum atomic E-state index is -3.66. The standard InChI is InChI=1S/C12H12N2O5S/c1-14-10(7-4-3-5-8(15)6-7)9(11(16)17)13-12(14)20(2,18)19/h3-6,15H,1-2H3,(H,16,17). The van der Waals surface area contributed by atoms with Crippen molar-refractivity contribution in [3.63, 3.8) is 0 Å². The van der Waals surface area contributed by atoms with Crippen LogP contribution in [-0.2, 0) is 16.9 Å². The first-order chi connectivity index (χ1) is 9.21. The lowest BCUT2D eigenvalue weighted by Crippen LogP contribution is -2.06. The lowest BCUT2D eigenvalue weighted by atomic mass is 10.1. The van der Waals surface area contributed by atoms with Crippen LogP contribution in [0.25, 0.3) is 11.3 Å².